The average Bonchev–Trinajstić information content (AvgIpc) is 2.85. The number of nitrogens with one attached hydrogen (secondary N) is 1. The van der Waals surface area contributed by atoms with E-state index < -0.39 is 0 Å². The standard InChI is InChI=1S/C21H22N2/c1-2-6-16(7-3-1)17-10-12-18(13-11-17)19-14-22-20-8-4-5-9-21(20)23-15-19/h1-3,6-7,10-15,20-22H,4-5,8-9H2. The normalized spacial score (nSPS) is 23.4. The summed E-state index contributed by atoms with van der Waals surface area (Å²) in [5, 5.41) is 3.59. The molecule has 0 amide bonds. The molecule has 0 saturated heterocycles. The zero-order valence-corrected chi connectivity index (χ0v) is 13.3. The predicted octanol–water partition coefficient (Wildman–Crippen LogP) is 4.68. The highest BCUT2D eigenvalue weighted by Crippen LogP contribution is 2.26. The summed E-state index contributed by atoms with van der Waals surface area (Å²) in [5.74, 6) is 0. The van der Waals surface area contributed by atoms with Crippen molar-refractivity contribution in [3.05, 3.63) is 66.4 Å². The first-order chi connectivity index (χ1) is 11.4. The van der Waals surface area contributed by atoms with Crippen LogP contribution < -0.4 is 5.32 Å². The van der Waals surface area contributed by atoms with Crippen molar-refractivity contribution in [2.75, 3.05) is 0 Å². The number of nitrogens with zero attached hydrogens (tertiary/aromatic N) is 1. The average molecular weight is 302 g/mol. The summed E-state index contributed by atoms with van der Waals surface area (Å²) in [4.78, 5) is 4.83. The molecule has 0 spiro atoms. The van der Waals surface area contributed by atoms with Crippen LogP contribution in [-0.4, -0.2) is 18.3 Å². The van der Waals surface area contributed by atoms with Crippen LogP contribution in [0.4, 0.5) is 0 Å². The quantitative estimate of drug-likeness (QED) is 0.856. The van der Waals surface area contributed by atoms with E-state index in [-0.39, 0.29) is 0 Å². The molecule has 2 aromatic carbocycles. The largest absolute Gasteiger partial charge is 0.385 e. The number of hydrogen-bond donors (Lipinski definition) is 1. The summed E-state index contributed by atoms with van der Waals surface area (Å²) >= 11 is 0. The fourth-order valence-corrected chi connectivity index (χ4v) is 3.54. The van der Waals surface area contributed by atoms with Crippen molar-refractivity contribution in [3.63, 3.8) is 0 Å². The number of rotatable bonds is 2. The van der Waals surface area contributed by atoms with E-state index in [1.165, 1.54) is 47.9 Å². The second kappa shape index (κ2) is 6.41. The number of fused-ring (bicyclic) bond motifs is 1. The van der Waals surface area contributed by atoms with Crippen molar-refractivity contribution < 1.29 is 0 Å². The van der Waals surface area contributed by atoms with Gasteiger partial charge in [0, 0.05) is 24.0 Å². The highest BCUT2D eigenvalue weighted by atomic mass is 15.0. The second-order valence-electron chi connectivity index (χ2n) is 6.45. The van der Waals surface area contributed by atoms with Crippen molar-refractivity contribution in [1.82, 2.24) is 5.32 Å². The van der Waals surface area contributed by atoms with Gasteiger partial charge in [-0.05, 0) is 29.5 Å². The Morgan fingerprint density at radius 1 is 0.783 bits per heavy atom. The van der Waals surface area contributed by atoms with Crippen molar-refractivity contribution in [2.45, 2.75) is 37.8 Å². The molecule has 2 aromatic rings. The maximum atomic E-state index is 4.83. The van der Waals surface area contributed by atoms with E-state index in [1.54, 1.807) is 0 Å². The van der Waals surface area contributed by atoms with Gasteiger partial charge in [-0.1, -0.05) is 67.4 Å². The minimum atomic E-state index is 0.445. The molecule has 0 radical (unpaired) electrons. The van der Waals surface area contributed by atoms with Crippen molar-refractivity contribution in [2.24, 2.45) is 4.99 Å². The molecule has 2 unspecified atom stereocenters. The van der Waals surface area contributed by atoms with E-state index in [2.05, 4.69) is 72.3 Å². The predicted molar refractivity (Wildman–Crippen MR) is 97.5 cm³/mol. The van der Waals surface area contributed by atoms with Crippen LogP contribution in [0.3, 0.4) is 0 Å². The van der Waals surface area contributed by atoms with Gasteiger partial charge in [0.2, 0.25) is 0 Å². The Hall–Kier alpha value is -2.35. The smallest absolute Gasteiger partial charge is 0.0700 e. The molecule has 1 aliphatic carbocycles. The van der Waals surface area contributed by atoms with E-state index in [1.807, 2.05) is 0 Å². The van der Waals surface area contributed by atoms with Crippen LogP contribution in [-0.2, 0) is 0 Å². The molecule has 1 N–H and O–H groups in total. The summed E-state index contributed by atoms with van der Waals surface area (Å²) in [6, 6.07) is 20.2. The van der Waals surface area contributed by atoms with Crippen LogP contribution in [0.2, 0.25) is 0 Å². The molecule has 1 heterocycles. The van der Waals surface area contributed by atoms with Gasteiger partial charge in [0.05, 0.1) is 6.04 Å². The van der Waals surface area contributed by atoms with E-state index >= 15 is 0 Å². The highest BCUT2D eigenvalue weighted by Gasteiger charge is 2.24. The molecule has 1 aliphatic heterocycles. The van der Waals surface area contributed by atoms with E-state index in [4.69, 9.17) is 4.99 Å². The molecular weight excluding hydrogens is 280 g/mol. The van der Waals surface area contributed by atoms with Crippen LogP contribution in [0, 0.1) is 0 Å². The van der Waals surface area contributed by atoms with Gasteiger partial charge in [-0.3, -0.25) is 4.99 Å². The van der Waals surface area contributed by atoms with Gasteiger partial charge in [0.25, 0.3) is 0 Å². The Morgan fingerprint density at radius 3 is 2.30 bits per heavy atom. The minimum absolute atomic E-state index is 0.445. The van der Waals surface area contributed by atoms with Crippen molar-refractivity contribution >= 4 is 11.8 Å². The van der Waals surface area contributed by atoms with Crippen LogP contribution in [0.1, 0.15) is 31.2 Å². The van der Waals surface area contributed by atoms with Gasteiger partial charge in [-0.25, -0.2) is 0 Å². The highest BCUT2D eigenvalue weighted by molar-refractivity contribution is 6.10. The Labute approximate surface area is 138 Å². The number of aliphatic imine (C=N–C) groups is 1. The molecule has 0 aromatic heterocycles. The second-order valence-corrected chi connectivity index (χ2v) is 6.45. The molecular formula is C21H22N2. The Morgan fingerprint density at radius 2 is 1.48 bits per heavy atom. The molecule has 1 saturated carbocycles. The summed E-state index contributed by atoms with van der Waals surface area (Å²) in [6.07, 6.45) is 9.28. The summed E-state index contributed by atoms with van der Waals surface area (Å²) < 4.78 is 0. The molecule has 23 heavy (non-hydrogen) atoms. The molecule has 2 aliphatic rings. The van der Waals surface area contributed by atoms with Gasteiger partial charge >= 0.3 is 0 Å². The first kappa shape index (κ1) is 14.3. The summed E-state index contributed by atoms with van der Waals surface area (Å²) in [5.41, 5.74) is 4.91. The molecule has 2 heteroatoms. The Kier molecular flexibility index (Phi) is 3.97. The van der Waals surface area contributed by atoms with Crippen LogP contribution in [0.15, 0.2) is 65.8 Å². The van der Waals surface area contributed by atoms with Crippen molar-refractivity contribution in [3.8, 4) is 11.1 Å². The third-order valence-electron chi connectivity index (χ3n) is 4.91. The number of hydrogen-bond acceptors (Lipinski definition) is 2. The zero-order chi connectivity index (χ0) is 15.5. The topological polar surface area (TPSA) is 24.4 Å². The maximum absolute atomic E-state index is 4.83. The lowest BCUT2D eigenvalue weighted by atomic mass is 9.91. The lowest BCUT2D eigenvalue weighted by Gasteiger charge is -2.27. The van der Waals surface area contributed by atoms with Gasteiger partial charge < -0.3 is 5.32 Å². The van der Waals surface area contributed by atoms with Gasteiger partial charge in [0.15, 0.2) is 0 Å². The third-order valence-corrected chi connectivity index (χ3v) is 4.91. The molecule has 2 atom stereocenters. The first-order valence-electron chi connectivity index (χ1n) is 8.55. The molecule has 0 bridgehead atoms. The molecule has 1 fully saturated rings. The number of allylic oxidation sites excluding steroid dienone is 1. The lowest BCUT2D eigenvalue weighted by molar-refractivity contribution is 0.357. The van der Waals surface area contributed by atoms with E-state index in [9.17, 15) is 0 Å². The molecule has 2 nitrogen and oxygen atoms in total. The maximum Gasteiger partial charge on any atom is 0.0700 e. The third kappa shape index (κ3) is 3.07. The van der Waals surface area contributed by atoms with Gasteiger partial charge in [0.1, 0.15) is 0 Å². The Balaban J connectivity index is 1.57. The van der Waals surface area contributed by atoms with Crippen LogP contribution in [0.5, 0.6) is 0 Å². The minimum Gasteiger partial charge on any atom is -0.385 e. The molecule has 4 rings (SSSR count). The lowest BCUT2D eigenvalue weighted by Crippen LogP contribution is -2.37. The van der Waals surface area contributed by atoms with Gasteiger partial charge in [-0.15, -0.1) is 0 Å². The number of benzene rings is 2. The summed E-state index contributed by atoms with van der Waals surface area (Å²) in [6.45, 7) is 0. The van der Waals surface area contributed by atoms with Crippen LogP contribution >= 0.6 is 0 Å². The van der Waals surface area contributed by atoms with E-state index in [0.717, 1.165) is 0 Å². The van der Waals surface area contributed by atoms with Crippen LogP contribution in [0.25, 0.3) is 16.7 Å². The molecule has 116 valence electrons. The summed E-state index contributed by atoms with van der Waals surface area (Å²) in [7, 11) is 0. The monoisotopic (exact) mass is 302 g/mol. The van der Waals surface area contributed by atoms with Crippen molar-refractivity contribution in [1.29, 1.82) is 0 Å². The first-order valence-corrected chi connectivity index (χ1v) is 8.55. The fraction of sp³-hybridized carbons (Fsp3) is 0.286. The van der Waals surface area contributed by atoms with E-state index in [0.29, 0.717) is 12.1 Å². The zero-order valence-electron chi connectivity index (χ0n) is 13.3. The Bertz CT molecular complexity index is 713. The van der Waals surface area contributed by atoms with Gasteiger partial charge in [-0.2, -0.15) is 0 Å². The SMILES string of the molecule is C1=NC2CCCCC2NC=C1c1ccc(-c2ccccc2)cc1. The fourth-order valence-electron chi connectivity index (χ4n) is 3.54.